The van der Waals surface area contributed by atoms with Gasteiger partial charge in [-0.05, 0) is 66.4 Å². The average molecular weight is 517 g/mol. The third kappa shape index (κ3) is 3.98. The van der Waals surface area contributed by atoms with E-state index < -0.39 is 17.2 Å². The highest BCUT2D eigenvalue weighted by Gasteiger charge is 2.48. The summed E-state index contributed by atoms with van der Waals surface area (Å²) in [4.78, 5) is 32.3. The number of carbonyl (C=O) groups excluding carboxylic acids is 2. The van der Waals surface area contributed by atoms with E-state index in [0.29, 0.717) is 43.7 Å². The van der Waals surface area contributed by atoms with Gasteiger partial charge in [-0.15, -0.1) is 0 Å². The second-order valence-electron chi connectivity index (χ2n) is 9.74. The van der Waals surface area contributed by atoms with Gasteiger partial charge in [-0.25, -0.2) is 4.68 Å². The van der Waals surface area contributed by atoms with Crippen molar-refractivity contribution in [3.05, 3.63) is 102 Å². The zero-order valence-electron chi connectivity index (χ0n) is 20.3. The summed E-state index contributed by atoms with van der Waals surface area (Å²) < 4.78 is 40.8. The Morgan fingerprint density at radius 3 is 2.29 bits per heavy atom. The van der Waals surface area contributed by atoms with Gasteiger partial charge in [0.1, 0.15) is 5.78 Å². The summed E-state index contributed by atoms with van der Waals surface area (Å²) in [5.41, 5.74) is 2.69. The van der Waals surface area contributed by atoms with Gasteiger partial charge < -0.3 is 4.90 Å². The number of alkyl halides is 3. The van der Waals surface area contributed by atoms with E-state index in [-0.39, 0.29) is 17.4 Å². The van der Waals surface area contributed by atoms with Crippen molar-refractivity contribution < 1.29 is 22.8 Å². The number of nitrogens with zero attached hydrogens (tertiary/aromatic N) is 4. The number of hydrogen-bond donors (Lipinski definition) is 0. The van der Waals surface area contributed by atoms with Crippen LogP contribution in [0.5, 0.6) is 0 Å². The predicted molar refractivity (Wildman–Crippen MR) is 134 cm³/mol. The van der Waals surface area contributed by atoms with Crippen LogP contribution in [0.25, 0.3) is 16.9 Å². The summed E-state index contributed by atoms with van der Waals surface area (Å²) in [5.74, 6) is -0.0723. The van der Waals surface area contributed by atoms with E-state index in [1.807, 2.05) is 24.3 Å². The Morgan fingerprint density at radius 1 is 0.921 bits per heavy atom. The number of halogens is 3. The van der Waals surface area contributed by atoms with Gasteiger partial charge in [0.05, 0.1) is 22.4 Å². The van der Waals surface area contributed by atoms with E-state index in [4.69, 9.17) is 0 Å². The zero-order chi connectivity index (χ0) is 26.5. The van der Waals surface area contributed by atoms with Crippen molar-refractivity contribution in [1.82, 2.24) is 19.7 Å². The molecule has 2 aliphatic rings. The summed E-state index contributed by atoms with van der Waals surface area (Å²) in [6.45, 7) is 0.827. The maximum atomic E-state index is 13.5. The van der Waals surface area contributed by atoms with E-state index in [1.54, 1.807) is 35.5 Å². The largest absolute Gasteiger partial charge is 0.416 e. The molecule has 0 saturated carbocycles. The molecule has 0 atom stereocenters. The minimum Gasteiger partial charge on any atom is -0.337 e. The molecule has 1 spiro atoms. The van der Waals surface area contributed by atoms with Gasteiger partial charge in [0.15, 0.2) is 5.69 Å². The summed E-state index contributed by atoms with van der Waals surface area (Å²) in [5, 5.41) is 4.52. The lowest BCUT2D eigenvalue weighted by Crippen LogP contribution is -2.47. The number of amides is 1. The molecule has 6 nitrogen and oxygen atoms in total. The first-order valence-corrected chi connectivity index (χ1v) is 12.4. The van der Waals surface area contributed by atoms with Crippen LogP contribution in [0.2, 0.25) is 0 Å². The van der Waals surface area contributed by atoms with Crippen LogP contribution < -0.4 is 0 Å². The van der Waals surface area contributed by atoms with E-state index in [2.05, 4.69) is 10.1 Å². The highest BCUT2D eigenvalue weighted by atomic mass is 19.4. The van der Waals surface area contributed by atoms with Gasteiger partial charge in [-0.2, -0.15) is 18.3 Å². The van der Waals surface area contributed by atoms with E-state index >= 15 is 0 Å². The fourth-order valence-electron chi connectivity index (χ4n) is 5.64. The van der Waals surface area contributed by atoms with Crippen LogP contribution >= 0.6 is 0 Å². The van der Waals surface area contributed by atoms with Gasteiger partial charge in [-0.1, -0.05) is 24.3 Å². The molecule has 192 valence electrons. The number of Topliss-reactive ketones (excluding diaryl/α,β-unsaturated/α-hetero) is 1. The minimum atomic E-state index is -4.45. The molecule has 1 aliphatic carbocycles. The second kappa shape index (κ2) is 8.93. The van der Waals surface area contributed by atoms with Crippen molar-refractivity contribution in [2.24, 2.45) is 0 Å². The third-order valence-corrected chi connectivity index (χ3v) is 7.67. The smallest absolute Gasteiger partial charge is 0.337 e. The summed E-state index contributed by atoms with van der Waals surface area (Å²) in [7, 11) is 0. The standard InChI is InChI=1S/C29H23F3N4O2/c30-29(31,32)21-5-7-22(8-6-21)36-25(19-9-13-33-14-10-19)18-24(34-36)27(38)35-15-11-28(12-16-35)23-4-2-1-3-20(23)17-26(28)37/h1-10,13-14,18H,11-12,15-17H2. The van der Waals surface area contributed by atoms with E-state index in [1.165, 1.54) is 16.8 Å². The Morgan fingerprint density at radius 2 is 1.61 bits per heavy atom. The van der Waals surface area contributed by atoms with Crippen molar-refractivity contribution in [3.63, 3.8) is 0 Å². The first-order valence-electron chi connectivity index (χ1n) is 12.4. The molecule has 0 radical (unpaired) electrons. The first-order chi connectivity index (χ1) is 18.3. The molecular formula is C29H23F3N4O2. The van der Waals surface area contributed by atoms with Gasteiger partial charge in [0.25, 0.3) is 5.91 Å². The molecular weight excluding hydrogens is 493 g/mol. The maximum Gasteiger partial charge on any atom is 0.416 e. The van der Waals surface area contributed by atoms with Crippen molar-refractivity contribution in [2.75, 3.05) is 13.1 Å². The predicted octanol–water partition coefficient (Wildman–Crippen LogP) is 5.25. The Labute approximate surface area is 216 Å². The van der Waals surface area contributed by atoms with Crippen LogP contribution in [0.4, 0.5) is 13.2 Å². The monoisotopic (exact) mass is 516 g/mol. The lowest BCUT2D eigenvalue weighted by Gasteiger charge is -2.38. The van der Waals surface area contributed by atoms with Gasteiger partial charge in [0.2, 0.25) is 0 Å². The number of hydrogen-bond acceptors (Lipinski definition) is 4. The van der Waals surface area contributed by atoms with Crippen molar-refractivity contribution >= 4 is 11.7 Å². The van der Waals surface area contributed by atoms with Crippen molar-refractivity contribution in [3.8, 4) is 16.9 Å². The number of fused-ring (bicyclic) bond motifs is 2. The van der Waals surface area contributed by atoms with Crippen molar-refractivity contribution in [2.45, 2.75) is 30.9 Å². The van der Waals surface area contributed by atoms with Gasteiger partial charge >= 0.3 is 6.18 Å². The minimum absolute atomic E-state index is 0.186. The second-order valence-corrected chi connectivity index (χ2v) is 9.74. The quantitative estimate of drug-likeness (QED) is 0.373. The number of piperidine rings is 1. The molecule has 1 aliphatic heterocycles. The molecule has 0 unspecified atom stereocenters. The lowest BCUT2D eigenvalue weighted by molar-refractivity contribution is -0.137. The van der Waals surface area contributed by atoms with E-state index in [9.17, 15) is 22.8 Å². The summed E-state index contributed by atoms with van der Waals surface area (Å²) in [6, 6.07) is 17.7. The first kappa shape index (κ1) is 24.1. The molecule has 6 rings (SSSR count). The van der Waals surface area contributed by atoms with E-state index in [0.717, 1.165) is 28.8 Å². The summed E-state index contributed by atoms with van der Waals surface area (Å²) in [6.07, 6.45) is 0.265. The van der Waals surface area contributed by atoms with Crippen molar-refractivity contribution in [1.29, 1.82) is 0 Å². The number of likely N-dealkylation sites (tertiary alicyclic amines) is 1. The molecule has 3 heterocycles. The Hall–Kier alpha value is -4.27. The maximum absolute atomic E-state index is 13.5. The van der Waals surface area contributed by atoms with Gasteiger partial charge in [-0.3, -0.25) is 14.6 Å². The molecule has 0 bridgehead atoms. The molecule has 1 fully saturated rings. The van der Waals surface area contributed by atoms with Crippen LogP contribution in [-0.2, 0) is 22.8 Å². The van der Waals surface area contributed by atoms with Crippen LogP contribution in [0.1, 0.15) is 40.0 Å². The third-order valence-electron chi connectivity index (χ3n) is 7.67. The van der Waals surface area contributed by atoms with Crippen LogP contribution in [-0.4, -0.2) is 44.4 Å². The number of rotatable bonds is 3. The highest BCUT2D eigenvalue weighted by molar-refractivity contribution is 5.98. The molecule has 1 amide bonds. The number of pyridine rings is 1. The molecule has 9 heteroatoms. The van der Waals surface area contributed by atoms with Crippen LogP contribution in [0, 0.1) is 0 Å². The molecule has 2 aromatic carbocycles. The number of aromatic nitrogens is 3. The van der Waals surface area contributed by atoms with Gasteiger partial charge in [0, 0.05) is 37.5 Å². The molecule has 2 aromatic heterocycles. The number of carbonyl (C=O) groups is 2. The topological polar surface area (TPSA) is 68.1 Å². The Balaban J connectivity index is 1.30. The van der Waals surface area contributed by atoms with Crippen LogP contribution in [0.3, 0.4) is 0 Å². The molecule has 1 saturated heterocycles. The summed E-state index contributed by atoms with van der Waals surface area (Å²) >= 11 is 0. The SMILES string of the molecule is O=C(c1cc(-c2ccncc2)n(-c2ccc(C(F)(F)F)cc2)n1)N1CCC2(CC1)C(=O)Cc1ccccc12. The molecule has 0 N–H and O–H groups in total. The normalized spacial score (nSPS) is 16.6. The Kier molecular flexibility index (Phi) is 5.66. The number of ketones is 1. The Bertz CT molecular complexity index is 1520. The number of benzene rings is 2. The molecule has 38 heavy (non-hydrogen) atoms. The fourth-order valence-corrected chi connectivity index (χ4v) is 5.64. The fraction of sp³-hybridized carbons (Fsp3) is 0.241. The zero-order valence-corrected chi connectivity index (χ0v) is 20.3. The van der Waals surface area contributed by atoms with Crippen LogP contribution in [0.15, 0.2) is 79.1 Å². The molecule has 4 aromatic rings. The highest BCUT2D eigenvalue weighted by Crippen LogP contribution is 2.44. The lowest BCUT2D eigenvalue weighted by atomic mass is 9.73. The average Bonchev–Trinajstić information content (AvgIpc) is 3.49.